The zero-order chi connectivity index (χ0) is 8.22. The van der Waals surface area contributed by atoms with E-state index in [1.807, 2.05) is 6.92 Å². The van der Waals surface area contributed by atoms with Gasteiger partial charge in [-0.2, -0.15) is 0 Å². The number of fused-ring (bicyclic) bond motifs is 1. The highest BCUT2D eigenvalue weighted by Crippen LogP contribution is 2.63. The van der Waals surface area contributed by atoms with Gasteiger partial charge >= 0.3 is 5.97 Å². The molecule has 3 unspecified atom stereocenters. The van der Waals surface area contributed by atoms with Crippen molar-refractivity contribution in [3.05, 3.63) is 0 Å². The number of carbonyl (C=O) groups is 2. The molecule has 2 rings (SSSR count). The van der Waals surface area contributed by atoms with Crippen LogP contribution in [-0.4, -0.2) is 16.9 Å². The molecule has 0 radical (unpaired) electrons. The first kappa shape index (κ1) is 6.83. The van der Waals surface area contributed by atoms with Gasteiger partial charge in [-0.15, -0.1) is 0 Å². The van der Waals surface area contributed by atoms with Gasteiger partial charge in [0.15, 0.2) is 5.78 Å². The highest BCUT2D eigenvalue weighted by Gasteiger charge is 2.71. The van der Waals surface area contributed by atoms with Crippen molar-refractivity contribution in [2.75, 3.05) is 0 Å². The van der Waals surface area contributed by atoms with E-state index in [0.29, 0.717) is 18.8 Å². The van der Waals surface area contributed by atoms with Crippen LogP contribution in [0, 0.1) is 17.3 Å². The molecule has 0 aromatic rings. The van der Waals surface area contributed by atoms with Gasteiger partial charge < -0.3 is 5.11 Å². The quantitative estimate of drug-likeness (QED) is 0.565. The normalized spacial score (nSPS) is 47.2. The highest BCUT2D eigenvalue weighted by atomic mass is 16.4. The Labute approximate surface area is 64.4 Å². The van der Waals surface area contributed by atoms with Crippen LogP contribution in [0.25, 0.3) is 0 Å². The number of carboxylic acid groups (broad SMARTS) is 1. The molecular weight excluding hydrogens is 144 g/mol. The van der Waals surface area contributed by atoms with E-state index in [4.69, 9.17) is 5.11 Å². The van der Waals surface area contributed by atoms with E-state index in [-0.39, 0.29) is 11.7 Å². The molecule has 0 heterocycles. The summed E-state index contributed by atoms with van der Waals surface area (Å²) in [5.74, 6) is -0.523. The standard InChI is InChI=1S/C8H10O3/c1-4-2-6(9)8(7(10)11)3-5(4)8/h4-5H,2-3H2,1H3,(H,10,11). The van der Waals surface area contributed by atoms with E-state index in [9.17, 15) is 9.59 Å². The van der Waals surface area contributed by atoms with Crippen molar-refractivity contribution in [2.45, 2.75) is 19.8 Å². The van der Waals surface area contributed by atoms with E-state index in [1.54, 1.807) is 0 Å². The van der Waals surface area contributed by atoms with E-state index in [2.05, 4.69) is 0 Å². The second-order valence-electron chi connectivity index (χ2n) is 3.69. The van der Waals surface area contributed by atoms with Crippen molar-refractivity contribution in [3.8, 4) is 0 Å². The molecular formula is C8H10O3. The molecule has 2 aliphatic carbocycles. The van der Waals surface area contributed by atoms with E-state index < -0.39 is 11.4 Å². The maximum Gasteiger partial charge on any atom is 0.317 e. The number of carboxylic acids is 1. The zero-order valence-electron chi connectivity index (χ0n) is 6.33. The Morgan fingerprint density at radius 1 is 1.73 bits per heavy atom. The molecule has 0 aromatic carbocycles. The number of aliphatic carboxylic acids is 1. The summed E-state index contributed by atoms with van der Waals surface area (Å²) < 4.78 is 0. The third kappa shape index (κ3) is 0.588. The molecule has 11 heavy (non-hydrogen) atoms. The van der Waals surface area contributed by atoms with Crippen LogP contribution in [-0.2, 0) is 9.59 Å². The average molecular weight is 154 g/mol. The molecule has 0 saturated heterocycles. The number of hydrogen-bond donors (Lipinski definition) is 1. The molecule has 2 fully saturated rings. The highest BCUT2D eigenvalue weighted by molar-refractivity contribution is 6.08. The molecule has 3 heteroatoms. The van der Waals surface area contributed by atoms with E-state index in [1.165, 1.54) is 0 Å². The fraction of sp³-hybridized carbons (Fsp3) is 0.750. The van der Waals surface area contributed by atoms with Gasteiger partial charge in [0, 0.05) is 6.42 Å². The number of hydrogen-bond acceptors (Lipinski definition) is 2. The maximum absolute atomic E-state index is 11.2. The monoisotopic (exact) mass is 154 g/mol. The van der Waals surface area contributed by atoms with Gasteiger partial charge in [-0.1, -0.05) is 6.92 Å². The number of Topliss-reactive ketones (excluding diaryl/α,β-unsaturated/α-hetero) is 1. The summed E-state index contributed by atoms with van der Waals surface area (Å²) in [5, 5.41) is 8.78. The van der Waals surface area contributed by atoms with Crippen molar-refractivity contribution in [1.82, 2.24) is 0 Å². The minimum Gasteiger partial charge on any atom is -0.480 e. The lowest BCUT2D eigenvalue weighted by Gasteiger charge is -2.00. The molecule has 0 aliphatic heterocycles. The van der Waals surface area contributed by atoms with Crippen molar-refractivity contribution in [2.24, 2.45) is 17.3 Å². The summed E-state index contributed by atoms with van der Waals surface area (Å²) in [6.45, 7) is 1.96. The smallest absolute Gasteiger partial charge is 0.317 e. The summed E-state index contributed by atoms with van der Waals surface area (Å²) in [5.41, 5.74) is -0.931. The number of ketones is 1. The van der Waals surface area contributed by atoms with Gasteiger partial charge in [-0.05, 0) is 18.3 Å². The van der Waals surface area contributed by atoms with Crippen LogP contribution < -0.4 is 0 Å². The summed E-state index contributed by atoms with van der Waals surface area (Å²) >= 11 is 0. The van der Waals surface area contributed by atoms with Gasteiger partial charge in [0.2, 0.25) is 0 Å². The first-order valence-electron chi connectivity index (χ1n) is 3.85. The van der Waals surface area contributed by atoms with Gasteiger partial charge in [0.1, 0.15) is 5.41 Å². The van der Waals surface area contributed by atoms with Crippen LogP contribution in [0.1, 0.15) is 19.8 Å². The Balaban J connectivity index is 2.33. The lowest BCUT2D eigenvalue weighted by atomic mass is 10.0. The van der Waals surface area contributed by atoms with Gasteiger partial charge in [-0.3, -0.25) is 9.59 Å². The lowest BCUT2D eigenvalue weighted by molar-refractivity contribution is -0.147. The molecule has 1 N–H and O–H groups in total. The lowest BCUT2D eigenvalue weighted by Crippen LogP contribution is -2.22. The Kier molecular flexibility index (Phi) is 1.03. The molecule has 0 spiro atoms. The number of rotatable bonds is 1. The molecule has 0 aromatic heterocycles. The van der Waals surface area contributed by atoms with Gasteiger partial charge in [-0.25, -0.2) is 0 Å². The molecule has 2 aliphatic rings. The minimum atomic E-state index is -0.931. The Morgan fingerprint density at radius 3 is 2.55 bits per heavy atom. The minimum absolute atomic E-state index is 0.0532. The Hall–Kier alpha value is -0.860. The molecule has 3 nitrogen and oxygen atoms in total. The first-order chi connectivity index (χ1) is 5.09. The molecule has 60 valence electrons. The van der Waals surface area contributed by atoms with Crippen LogP contribution >= 0.6 is 0 Å². The largest absolute Gasteiger partial charge is 0.480 e. The van der Waals surface area contributed by atoms with Crippen LogP contribution in [0.4, 0.5) is 0 Å². The van der Waals surface area contributed by atoms with Crippen molar-refractivity contribution >= 4 is 11.8 Å². The third-order valence-electron chi connectivity index (χ3n) is 3.09. The summed E-state index contributed by atoms with van der Waals surface area (Å²) in [7, 11) is 0. The van der Waals surface area contributed by atoms with Crippen molar-refractivity contribution in [1.29, 1.82) is 0 Å². The predicted molar refractivity (Wildman–Crippen MR) is 37.0 cm³/mol. The summed E-state index contributed by atoms with van der Waals surface area (Å²) in [6.07, 6.45) is 1.05. The van der Waals surface area contributed by atoms with Crippen LogP contribution in [0.5, 0.6) is 0 Å². The van der Waals surface area contributed by atoms with E-state index >= 15 is 0 Å². The fourth-order valence-corrected chi connectivity index (χ4v) is 2.28. The van der Waals surface area contributed by atoms with Crippen LogP contribution in [0.3, 0.4) is 0 Å². The summed E-state index contributed by atoms with van der Waals surface area (Å²) in [4.78, 5) is 21.9. The summed E-state index contributed by atoms with van der Waals surface area (Å²) in [6, 6.07) is 0. The molecule has 3 atom stereocenters. The topological polar surface area (TPSA) is 54.4 Å². The van der Waals surface area contributed by atoms with Crippen LogP contribution in [0.2, 0.25) is 0 Å². The van der Waals surface area contributed by atoms with Gasteiger partial charge in [0.05, 0.1) is 0 Å². The fourth-order valence-electron chi connectivity index (χ4n) is 2.28. The Morgan fingerprint density at radius 2 is 2.36 bits per heavy atom. The SMILES string of the molecule is CC1CC(=O)C2(C(=O)O)CC12. The van der Waals surface area contributed by atoms with Gasteiger partial charge in [0.25, 0.3) is 0 Å². The number of carbonyl (C=O) groups excluding carboxylic acids is 1. The zero-order valence-corrected chi connectivity index (χ0v) is 6.33. The van der Waals surface area contributed by atoms with Crippen LogP contribution in [0.15, 0.2) is 0 Å². The molecule has 2 saturated carbocycles. The first-order valence-corrected chi connectivity index (χ1v) is 3.85. The van der Waals surface area contributed by atoms with Crippen molar-refractivity contribution < 1.29 is 14.7 Å². The average Bonchev–Trinajstić information content (AvgIpc) is 2.56. The second-order valence-corrected chi connectivity index (χ2v) is 3.69. The third-order valence-corrected chi connectivity index (χ3v) is 3.09. The molecule has 0 amide bonds. The van der Waals surface area contributed by atoms with E-state index in [0.717, 1.165) is 0 Å². The maximum atomic E-state index is 11.2. The predicted octanol–water partition coefficient (Wildman–Crippen LogP) is 0.686. The second kappa shape index (κ2) is 1.65. The van der Waals surface area contributed by atoms with Crippen molar-refractivity contribution in [3.63, 3.8) is 0 Å². The Bertz CT molecular complexity index is 246. The molecule has 0 bridgehead atoms.